The van der Waals surface area contributed by atoms with Gasteiger partial charge in [-0.25, -0.2) is 0 Å². The van der Waals surface area contributed by atoms with E-state index in [1.165, 1.54) is 5.56 Å². The first kappa shape index (κ1) is 15.5. The van der Waals surface area contributed by atoms with E-state index in [1.807, 2.05) is 13.8 Å². The van der Waals surface area contributed by atoms with Crippen LogP contribution in [0.2, 0.25) is 0 Å². The van der Waals surface area contributed by atoms with Gasteiger partial charge in [-0.1, -0.05) is 38.1 Å². The van der Waals surface area contributed by atoms with Crippen LogP contribution < -0.4 is 11.3 Å². The zero-order chi connectivity index (χ0) is 15.6. The summed E-state index contributed by atoms with van der Waals surface area (Å²) in [5, 5.41) is 0. The quantitative estimate of drug-likeness (QED) is 0.935. The Kier molecular flexibility index (Phi) is 4.63. The maximum atomic E-state index is 12.5. The molecule has 2 rings (SSSR count). The molecule has 0 fully saturated rings. The SMILES string of the molecule is CCn1c(-c2ccc(C(C)C)cc2)cc(C)c(CN)c1=O. The van der Waals surface area contributed by atoms with Gasteiger partial charge in [-0.05, 0) is 42.5 Å². The summed E-state index contributed by atoms with van der Waals surface area (Å²) in [6.45, 7) is 9.23. The lowest BCUT2D eigenvalue weighted by atomic mass is 9.99. The minimum atomic E-state index is 0.0305. The molecule has 0 amide bonds. The Balaban J connectivity index is 2.60. The second-order valence-corrected chi connectivity index (χ2v) is 5.72. The average Bonchev–Trinajstić information content (AvgIpc) is 2.47. The minimum absolute atomic E-state index is 0.0305. The first-order valence-electron chi connectivity index (χ1n) is 7.53. The Morgan fingerprint density at radius 1 is 1.19 bits per heavy atom. The molecule has 0 radical (unpaired) electrons. The minimum Gasteiger partial charge on any atom is -0.326 e. The molecule has 112 valence electrons. The van der Waals surface area contributed by atoms with Gasteiger partial charge in [0.15, 0.2) is 0 Å². The standard InChI is InChI=1S/C18H24N2O/c1-5-20-17(10-13(4)16(11-19)18(20)21)15-8-6-14(7-9-15)12(2)3/h6-10,12H,5,11,19H2,1-4H3. The third-order valence-electron chi connectivity index (χ3n) is 4.02. The van der Waals surface area contributed by atoms with Gasteiger partial charge in [0.25, 0.3) is 5.56 Å². The molecule has 0 saturated carbocycles. The van der Waals surface area contributed by atoms with Crippen LogP contribution in [0.5, 0.6) is 0 Å². The second kappa shape index (κ2) is 6.27. The van der Waals surface area contributed by atoms with E-state index in [0.29, 0.717) is 18.0 Å². The number of hydrogen-bond donors (Lipinski definition) is 1. The number of hydrogen-bond acceptors (Lipinski definition) is 2. The first-order valence-corrected chi connectivity index (χ1v) is 7.53. The molecule has 0 bridgehead atoms. The Bertz CT molecular complexity index is 682. The van der Waals surface area contributed by atoms with Crippen LogP contribution in [0.1, 0.15) is 43.4 Å². The summed E-state index contributed by atoms with van der Waals surface area (Å²) in [6, 6.07) is 10.5. The number of rotatable bonds is 4. The van der Waals surface area contributed by atoms with Gasteiger partial charge in [0.05, 0.1) is 5.69 Å². The molecular weight excluding hydrogens is 260 g/mol. The van der Waals surface area contributed by atoms with E-state index < -0.39 is 0 Å². The summed E-state index contributed by atoms with van der Waals surface area (Å²) in [7, 11) is 0. The van der Waals surface area contributed by atoms with Crippen LogP contribution in [0.15, 0.2) is 35.1 Å². The molecule has 0 saturated heterocycles. The highest BCUT2D eigenvalue weighted by Crippen LogP contribution is 2.23. The Morgan fingerprint density at radius 2 is 1.81 bits per heavy atom. The van der Waals surface area contributed by atoms with Gasteiger partial charge < -0.3 is 10.3 Å². The third-order valence-corrected chi connectivity index (χ3v) is 4.02. The van der Waals surface area contributed by atoms with Crippen molar-refractivity contribution in [1.82, 2.24) is 4.57 Å². The molecule has 2 aromatic rings. The fourth-order valence-corrected chi connectivity index (χ4v) is 2.65. The van der Waals surface area contributed by atoms with Gasteiger partial charge in [-0.2, -0.15) is 0 Å². The summed E-state index contributed by atoms with van der Waals surface area (Å²) in [4.78, 5) is 12.5. The number of aryl methyl sites for hydroxylation is 1. The molecule has 3 nitrogen and oxygen atoms in total. The topological polar surface area (TPSA) is 48.0 Å². The van der Waals surface area contributed by atoms with E-state index in [-0.39, 0.29) is 12.1 Å². The van der Waals surface area contributed by atoms with Crippen molar-refractivity contribution in [2.24, 2.45) is 5.73 Å². The summed E-state index contributed by atoms with van der Waals surface area (Å²) in [5.41, 5.74) is 10.8. The number of pyridine rings is 1. The summed E-state index contributed by atoms with van der Waals surface area (Å²) in [5.74, 6) is 0.508. The molecule has 1 aromatic carbocycles. The zero-order valence-electron chi connectivity index (χ0n) is 13.3. The normalized spacial score (nSPS) is 11.1. The van der Waals surface area contributed by atoms with Crippen molar-refractivity contribution >= 4 is 0 Å². The molecule has 0 atom stereocenters. The zero-order valence-corrected chi connectivity index (χ0v) is 13.3. The largest absolute Gasteiger partial charge is 0.326 e. The lowest BCUT2D eigenvalue weighted by Crippen LogP contribution is -2.27. The molecule has 2 N–H and O–H groups in total. The van der Waals surface area contributed by atoms with Crippen LogP contribution in [0.3, 0.4) is 0 Å². The molecular formula is C18H24N2O. The predicted octanol–water partition coefficient (Wildman–Crippen LogP) is 3.43. The van der Waals surface area contributed by atoms with E-state index in [2.05, 4.69) is 44.2 Å². The molecule has 0 unspecified atom stereocenters. The number of nitrogens with zero attached hydrogens (tertiary/aromatic N) is 1. The highest BCUT2D eigenvalue weighted by Gasteiger charge is 2.12. The third kappa shape index (κ3) is 2.93. The Morgan fingerprint density at radius 3 is 2.29 bits per heavy atom. The van der Waals surface area contributed by atoms with Crippen molar-refractivity contribution in [3.8, 4) is 11.3 Å². The smallest absolute Gasteiger partial charge is 0.255 e. The molecule has 0 spiro atoms. The van der Waals surface area contributed by atoms with Crippen molar-refractivity contribution in [1.29, 1.82) is 0 Å². The molecule has 1 aromatic heterocycles. The predicted molar refractivity (Wildman–Crippen MR) is 88.5 cm³/mol. The highest BCUT2D eigenvalue weighted by atomic mass is 16.1. The van der Waals surface area contributed by atoms with E-state index in [0.717, 1.165) is 16.8 Å². The van der Waals surface area contributed by atoms with Crippen molar-refractivity contribution in [3.63, 3.8) is 0 Å². The van der Waals surface area contributed by atoms with Crippen molar-refractivity contribution in [2.45, 2.75) is 46.7 Å². The summed E-state index contributed by atoms with van der Waals surface area (Å²) in [6.07, 6.45) is 0. The maximum Gasteiger partial charge on any atom is 0.255 e. The molecule has 0 aliphatic carbocycles. The van der Waals surface area contributed by atoms with Gasteiger partial charge in [0.1, 0.15) is 0 Å². The van der Waals surface area contributed by atoms with Crippen LogP contribution in [-0.2, 0) is 13.1 Å². The van der Waals surface area contributed by atoms with Crippen LogP contribution >= 0.6 is 0 Å². The van der Waals surface area contributed by atoms with Crippen molar-refractivity contribution in [2.75, 3.05) is 0 Å². The fraction of sp³-hybridized carbons (Fsp3) is 0.389. The highest BCUT2D eigenvalue weighted by molar-refractivity contribution is 5.61. The molecule has 0 aliphatic heterocycles. The molecule has 1 heterocycles. The van der Waals surface area contributed by atoms with E-state index in [1.54, 1.807) is 4.57 Å². The average molecular weight is 284 g/mol. The van der Waals surface area contributed by atoms with Crippen LogP contribution in [0.4, 0.5) is 0 Å². The van der Waals surface area contributed by atoms with Crippen molar-refractivity contribution < 1.29 is 0 Å². The van der Waals surface area contributed by atoms with Gasteiger partial charge in [0, 0.05) is 18.7 Å². The number of benzene rings is 1. The van der Waals surface area contributed by atoms with Gasteiger partial charge in [0.2, 0.25) is 0 Å². The molecule has 3 heteroatoms. The number of aromatic nitrogens is 1. The lowest BCUT2D eigenvalue weighted by molar-refractivity contribution is 0.719. The van der Waals surface area contributed by atoms with Crippen molar-refractivity contribution in [3.05, 3.63) is 57.4 Å². The van der Waals surface area contributed by atoms with Gasteiger partial charge >= 0.3 is 0 Å². The molecule has 21 heavy (non-hydrogen) atoms. The Labute approximate surface area is 126 Å². The monoisotopic (exact) mass is 284 g/mol. The van der Waals surface area contributed by atoms with Crippen LogP contribution in [0.25, 0.3) is 11.3 Å². The second-order valence-electron chi connectivity index (χ2n) is 5.72. The van der Waals surface area contributed by atoms with E-state index in [4.69, 9.17) is 5.73 Å². The van der Waals surface area contributed by atoms with Gasteiger partial charge in [-0.3, -0.25) is 4.79 Å². The first-order chi connectivity index (χ1) is 9.99. The van der Waals surface area contributed by atoms with Crippen LogP contribution in [-0.4, -0.2) is 4.57 Å². The summed E-state index contributed by atoms with van der Waals surface area (Å²) >= 11 is 0. The summed E-state index contributed by atoms with van der Waals surface area (Å²) < 4.78 is 1.81. The van der Waals surface area contributed by atoms with Crippen LogP contribution in [0, 0.1) is 6.92 Å². The van der Waals surface area contributed by atoms with E-state index >= 15 is 0 Å². The molecule has 0 aliphatic rings. The maximum absolute atomic E-state index is 12.5. The van der Waals surface area contributed by atoms with Gasteiger partial charge in [-0.15, -0.1) is 0 Å². The fourth-order valence-electron chi connectivity index (χ4n) is 2.65. The number of nitrogens with two attached hydrogens (primary N) is 1. The van der Waals surface area contributed by atoms with E-state index in [9.17, 15) is 4.79 Å². The lowest BCUT2D eigenvalue weighted by Gasteiger charge is -2.16. The Hall–Kier alpha value is -1.87.